The molecule has 2 atom stereocenters. The summed E-state index contributed by atoms with van der Waals surface area (Å²) in [7, 11) is -4.39. The van der Waals surface area contributed by atoms with Gasteiger partial charge in [-0.15, -0.1) is 0 Å². The minimum atomic E-state index is -4.39. The van der Waals surface area contributed by atoms with Crippen molar-refractivity contribution in [1.82, 2.24) is 0 Å². The van der Waals surface area contributed by atoms with E-state index in [2.05, 4.69) is 86.8 Å². The summed E-state index contributed by atoms with van der Waals surface area (Å²) in [6.07, 6.45) is 46.4. The maximum Gasteiger partial charge on any atom is 0.472 e. The van der Waals surface area contributed by atoms with Crippen LogP contribution in [-0.4, -0.2) is 49.3 Å². The molecule has 0 saturated heterocycles. The second-order valence-corrected chi connectivity index (χ2v) is 14.6. The van der Waals surface area contributed by atoms with Crippen LogP contribution in [0.3, 0.4) is 0 Å². The van der Waals surface area contributed by atoms with Gasteiger partial charge in [0, 0.05) is 19.4 Å². The number of carbonyl (C=O) groups excluding carboxylic acids is 2. The highest BCUT2D eigenvalue weighted by Crippen LogP contribution is 2.43. The number of allylic oxidation sites excluding steroid dienone is 12. The molecule has 0 aliphatic heterocycles. The third-order valence-electron chi connectivity index (χ3n) is 8.08. The van der Waals surface area contributed by atoms with E-state index in [-0.39, 0.29) is 32.6 Å². The van der Waals surface area contributed by atoms with Gasteiger partial charge < -0.3 is 20.1 Å². The van der Waals surface area contributed by atoms with E-state index in [9.17, 15) is 19.0 Å². The van der Waals surface area contributed by atoms with Gasteiger partial charge in [0.25, 0.3) is 0 Å². The number of unbranched alkanes of at least 4 members (excludes halogenated alkanes) is 12. The van der Waals surface area contributed by atoms with Crippen LogP contribution in [0.2, 0.25) is 0 Å². The van der Waals surface area contributed by atoms with Crippen LogP contribution >= 0.6 is 7.82 Å². The van der Waals surface area contributed by atoms with Crippen LogP contribution in [0.4, 0.5) is 0 Å². The molecule has 0 radical (unpaired) electrons. The normalized spacial score (nSPS) is 14.1. The molecular weight excluding hydrogens is 689 g/mol. The smallest absolute Gasteiger partial charge is 0.462 e. The maximum atomic E-state index is 12.5. The Kier molecular flexibility index (Phi) is 37.3. The van der Waals surface area contributed by atoms with Gasteiger partial charge in [0.05, 0.1) is 13.2 Å². The van der Waals surface area contributed by atoms with Gasteiger partial charge in [0.15, 0.2) is 6.10 Å². The van der Waals surface area contributed by atoms with Crippen molar-refractivity contribution >= 4 is 19.8 Å². The number of phosphoric ester groups is 1. The minimum absolute atomic E-state index is 0.0432. The molecule has 0 aliphatic rings. The molecule has 0 bridgehead atoms. The SMILES string of the molecule is CC/C=C\C/C=C\C/C=C\CCCCCCCC(=O)O[C@H](COC(=O)CCCCCC/C=C\C/C=C\C/C=C\CCCCC)COP(=O)(O)OCCN. The van der Waals surface area contributed by atoms with E-state index in [0.29, 0.717) is 12.8 Å². The molecule has 0 aromatic heterocycles. The second kappa shape index (κ2) is 39.2. The number of esters is 2. The predicted octanol–water partition coefficient (Wildman–Crippen LogP) is 11.5. The first kappa shape index (κ1) is 50.5. The summed E-state index contributed by atoms with van der Waals surface area (Å²) in [6, 6.07) is 0. The molecule has 3 N–H and O–H groups in total. The van der Waals surface area contributed by atoms with Crippen LogP contribution < -0.4 is 5.73 Å². The predicted molar refractivity (Wildman–Crippen MR) is 219 cm³/mol. The number of hydrogen-bond donors (Lipinski definition) is 2. The lowest BCUT2D eigenvalue weighted by atomic mass is 10.1. The summed E-state index contributed by atoms with van der Waals surface area (Å²) < 4.78 is 32.7. The van der Waals surface area contributed by atoms with Gasteiger partial charge in [-0.25, -0.2) is 4.57 Å². The molecular formula is C43H74NO8P. The lowest BCUT2D eigenvalue weighted by Crippen LogP contribution is -2.29. The monoisotopic (exact) mass is 764 g/mol. The number of carbonyl (C=O) groups is 2. The fraction of sp³-hybridized carbons (Fsp3) is 0.674. The van der Waals surface area contributed by atoms with Gasteiger partial charge in [-0.05, 0) is 83.5 Å². The molecule has 0 rings (SSSR count). The van der Waals surface area contributed by atoms with Gasteiger partial charge >= 0.3 is 19.8 Å². The Labute approximate surface area is 322 Å². The lowest BCUT2D eigenvalue weighted by molar-refractivity contribution is -0.161. The number of rotatable bonds is 37. The third-order valence-corrected chi connectivity index (χ3v) is 9.06. The van der Waals surface area contributed by atoms with Crippen molar-refractivity contribution in [2.45, 2.75) is 161 Å². The van der Waals surface area contributed by atoms with Gasteiger partial charge in [0.1, 0.15) is 6.61 Å². The summed E-state index contributed by atoms with van der Waals surface area (Å²) in [5.41, 5.74) is 5.34. The van der Waals surface area contributed by atoms with Gasteiger partial charge in [-0.3, -0.25) is 18.6 Å². The Hall–Kier alpha value is -2.55. The molecule has 304 valence electrons. The van der Waals surface area contributed by atoms with E-state index in [1.165, 1.54) is 25.7 Å². The highest BCUT2D eigenvalue weighted by molar-refractivity contribution is 7.47. The van der Waals surface area contributed by atoms with E-state index in [0.717, 1.165) is 89.9 Å². The number of hydrogen-bond acceptors (Lipinski definition) is 8. The highest BCUT2D eigenvalue weighted by Gasteiger charge is 2.25. The average molecular weight is 764 g/mol. The Balaban J connectivity index is 4.27. The zero-order chi connectivity index (χ0) is 38.9. The molecule has 0 aromatic carbocycles. The molecule has 0 saturated carbocycles. The van der Waals surface area contributed by atoms with E-state index in [4.69, 9.17) is 24.3 Å². The van der Waals surface area contributed by atoms with Crippen molar-refractivity contribution in [3.63, 3.8) is 0 Å². The van der Waals surface area contributed by atoms with Crippen molar-refractivity contribution in [3.05, 3.63) is 72.9 Å². The number of nitrogens with two attached hydrogens (primary N) is 1. The average Bonchev–Trinajstić information content (AvgIpc) is 3.14. The molecule has 53 heavy (non-hydrogen) atoms. The van der Waals surface area contributed by atoms with E-state index < -0.39 is 32.5 Å². The zero-order valence-corrected chi connectivity index (χ0v) is 34.1. The quantitative estimate of drug-likeness (QED) is 0.0274. The van der Waals surface area contributed by atoms with Crippen LogP contribution in [0, 0.1) is 0 Å². The number of phosphoric acid groups is 1. The van der Waals surface area contributed by atoms with Crippen molar-refractivity contribution in [1.29, 1.82) is 0 Å². The fourth-order valence-electron chi connectivity index (χ4n) is 5.07. The van der Waals surface area contributed by atoms with Gasteiger partial charge in [0.2, 0.25) is 0 Å². The summed E-state index contributed by atoms with van der Waals surface area (Å²) in [5, 5.41) is 0. The molecule has 1 unspecified atom stereocenters. The van der Waals surface area contributed by atoms with E-state index in [1.54, 1.807) is 0 Å². The maximum absolute atomic E-state index is 12.5. The minimum Gasteiger partial charge on any atom is -0.462 e. The molecule has 0 aromatic rings. The molecule has 0 fully saturated rings. The van der Waals surface area contributed by atoms with Crippen LogP contribution in [0.15, 0.2) is 72.9 Å². The van der Waals surface area contributed by atoms with Crippen LogP contribution in [0.5, 0.6) is 0 Å². The van der Waals surface area contributed by atoms with Crippen molar-refractivity contribution in [2.75, 3.05) is 26.4 Å². The Bertz CT molecular complexity index is 1100. The summed E-state index contributed by atoms with van der Waals surface area (Å²) in [6.45, 7) is 3.52. The van der Waals surface area contributed by atoms with Crippen molar-refractivity contribution < 1.29 is 37.6 Å². The first-order valence-corrected chi connectivity index (χ1v) is 21.9. The van der Waals surface area contributed by atoms with Crippen molar-refractivity contribution in [2.24, 2.45) is 5.73 Å². The second-order valence-electron chi connectivity index (χ2n) is 13.1. The summed E-state index contributed by atoms with van der Waals surface area (Å²) in [5.74, 6) is -0.881. The third kappa shape index (κ3) is 39.0. The Morgan fingerprint density at radius 1 is 0.585 bits per heavy atom. The Morgan fingerprint density at radius 2 is 1.04 bits per heavy atom. The summed E-state index contributed by atoms with van der Waals surface area (Å²) in [4.78, 5) is 34.8. The molecule has 0 amide bonds. The zero-order valence-electron chi connectivity index (χ0n) is 33.2. The number of ether oxygens (including phenoxy) is 2. The van der Waals surface area contributed by atoms with E-state index in [1.807, 2.05) is 0 Å². The topological polar surface area (TPSA) is 134 Å². The Morgan fingerprint density at radius 3 is 1.55 bits per heavy atom. The van der Waals surface area contributed by atoms with Crippen LogP contribution in [-0.2, 0) is 32.7 Å². The van der Waals surface area contributed by atoms with Crippen LogP contribution in [0.25, 0.3) is 0 Å². The molecule has 9 nitrogen and oxygen atoms in total. The standard InChI is InChI=1S/C43H74NO8P/c1-3-5-7-9-11-13-15-17-19-20-22-23-25-27-29-31-33-35-42(45)49-39-41(40-51-53(47,48)50-38-37-44)52-43(46)36-34-32-30-28-26-24-21-18-16-14-12-10-8-6-4-2/h6,8,11-14,17-19,21-23,41H,3-5,7,9-10,15-16,20,24-40,44H2,1-2H3,(H,47,48)/b8-6-,13-11-,14-12-,19-17-,21-18-,23-22-/t41-/m1/s1. The lowest BCUT2D eigenvalue weighted by Gasteiger charge is -2.19. The fourth-order valence-corrected chi connectivity index (χ4v) is 5.83. The van der Waals surface area contributed by atoms with E-state index >= 15 is 0 Å². The first-order chi connectivity index (χ1) is 25.8. The summed E-state index contributed by atoms with van der Waals surface area (Å²) >= 11 is 0. The van der Waals surface area contributed by atoms with Gasteiger partial charge in [-0.2, -0.15) is 0 Å². The first-order valence-electron chi connectivity index (χ1n) is 20.4. The molecule has 0 spiro atoms. The van der Waals surface area contributed by atoms with Crippen LogP contribution in [0.1, 0.15) is 155 Å². The largest absolute Gasteiger partial charge is 0.472 e. The molecule has 0 aliphatic carbocycles. The molecule has 10 heteroatoms. The van der Waals surface area contributed by atoms with Gasteiger partial charge in [-0.1, -0.05) is 132 Å². The molecule has 0 heterocycles. The highest BCUT2D eigenvalue weighted by atomic mass is 31.2. The van der Waals surface area contributed by atoms with Crippen molar-refractivity contribution in [3.8, 4) is 0 Å².